The summed E-state index contributed by atoms with van der Waals surface area (Å²) in [5.41, 5.74) is 2.12. The van der Waals surface area contributed by atoms with Crippen molar-refractivity contribution in [3.63, 3.8) is 0 Å². The molecule has 2 aromatic carbocycles. The highest BCUT2D eigenvalue weighted by Gasteiger charge is 2.30. The largest absolute Gasteiger partial charge is 0.490 e. The Bertz CT molecular complexity index is 1010. The first kappa shape index (κ1) is 26.4. The van der Waals surface area contributed by atoms with Crippen molar-refractivity contribution in [3.05, 3.63) is 51.1 Å². The van der Waals surface area contributed by atoms with E-state index in [1.165, 1.54) is 18.3 Å². The highest BCUT2D eigenvalue weighted by molar-refractivity contribution is 14.1. The summed E-state index contributed by atoms with van der Waals surface area (Å²) in [5, 5.41) is 6.23. The fourth-order valence-corrected chi connectivity index (χ4v) is 3.45. The number of benzene rings is 2. The maximum atomic E-state index is 12.7. The summed E-state index contributed by atoms with van der Waals surface area (Å²) in [6, 6.07) is 7.81. The number of carbonyl (C=O) groups is 2. The SMILES string of the molecule is CCOc1cc(C=NNC(=O)CCC(=O)Nc2cccc(C(F)(F)F)c2)cc(I)c1OCC. The first-order valence-electron chi connectivity index (χ1n) is 10.0. The number of anilines is 1. The zero-order chi connectivity index (χ0) is 24.4. The lowest BCUT2D eigenvalue weighted by atomic mass is 10.2. The van der Waals surface area contributed by atoms with Crippen LogP contribution in [0.25, 0.3) is 0 Å². The number of hydrogen-bond acceptors (Lipinski definition) is 5. The summed E-state index contributed by atoms with van der Waals surface area (Å²) in [6.07, 6.45) is -3.48. The van der Waals surface area contributed by atoms with E-state index in [2.05, 4.69) is 38.4 Å². The number of nitrogens with one attached hydrogen (secondary N) is 2. The Labute approximate surface area is 202 Å². The van der Waals surface area contributed by atoms with E-state index in [0.29, 0.717) is 30.3 Å². The number of hydrazone groups is 1. The number of ether oxygens (including phenoxy) is 2. The molecule has 11 heteroatoms. The molecule has 0 aliphatic carbocycles. The molecule has 2 aromatic rings. The molecule has 0 heterocycles. The molecular weight excluding hydrogens is 554 g/mol. The fraction of sp³-hybridized carbons (Fsp3) is 0.318. The Hall–Kier alpha value is -2.83. The molecule has 0 atom stereocenters. The van der Waals surface area contributed by atoms with Crippen LogP contribution in [-0.4, -0.2) is 31.2 Å². The molecule has 0 saturated carbocycles. The molecule has 0 aromatic heterocycles. The minimum absolute atomic E-state index is 0.00320. The number of hydrogen-bond donors (Lipinski definition) is 2. The molecule has 33 heavy (non-hydrogen) atoms. The summed E-state index contributed by atoms with van der Waals surface area (Å²) < 4.78 is 50.2. The lowest BCUT2D eigenvalue weighted by molar-refractivity contribution is -0.137. The van der Waals surface area contributed by atoms with Gasteiger partial charge in [0.25, 0.3) is 0 Å². The van der Waals surface area contributed by atoms with Crippen molar-refractivity contribution in [2.75, 3.05) is 18.5 Å². The van der Waals surface area contributed by atoms with E-state index in [1.54, 1.807) is 6.07 Å². The Balaban J connectivity index is 1.88. The molecule has 2 rings (SSSR count). The number of amides is 2. The first-order chi connectivity index (χ1) is 15.6. The normalized spacial score (nSPS) is 11.3. The minimum Gasteiger partial charge on any atom is -0.490 e. The summed E-state index contributed by atoms with van der Waals surface area (Å²) in [5.74, 6) is 0.0881. The second-order valence-corrected chi connectivity index (χ2v) is 7.78. The van der Waals surface area contributed by atoms with Crippen LogP contribution in [0.5, 0.6) is 11.5 Å². The molecule has 0 fully saturated rings. The topological polar surface area (TPSA) is 89.0 Å². The Morgan fingerprint density at radius 3 is 2.42 bits per heavy atom. The van der Waals surface area contributed by atoms with Crippen LogP contribution in [0.15, 0.2) is 41.5 Å². The number of carbonyl (C=O) groups excluding carboxylic acids is 2. The van der Waals surface area contributed by atoms with Gasteiger partial charge in [0, 0.05) is 18.5 Å². The molecule has 0 unspecified atom stereocenters. The van der Waals surface area contributed by atoms with Gasteiger partial charge in [0.1, 0.15) is 0 Å². The van der Waals surface area contributed by atoms with Gasteiger partial charge in [0.15, 0.2) is 11.5 Å². The molecule has 2 amide bonds. The van der Waals surface area contributed by atoms with E-state index in [-0.39, 0.29) is 18.5 Å². The van der Waals surface area contributed by atoms with Crippen molar-refractivity contribution >= 4 is 46.3 Å². The molecule has 0 saturated heterocycles. The molecule has 178 valence electrons. The average molecular weight is 577 g/mol. The van der Waals surface area contributed by atoms with Crippen molar-refractivity contribution in [2.45, 2.75) is 32.9 Å². The van der Waals surface area contributed by atoms with E-state index in [9.17, 15) is 22.8 Å². The Morgan fingerprint density at radius 1 is 1.06 bits per heavy atom. The van der Waals surface area contributed by atoms with Crippen LogP contribution in [-0.2, 0) is 15.8 Å². The van der Waals surface area contributed by atoms with Gasteiger partial charge in [-0.25, -0.2) is 5.43 Å². The Kier molecular flexibility index (Phi) is 9.95. The van der Waals surface area contributed by atoms with Crippen molar-refractivity contribution < 1.29 is 32.2 Å². The van der Waals surface area contributed by atoms with Gasteiger partial charge in [0.2, 0.25) is 11.8 Å². The third kappa shape index (κ3) is 8.56. The molecule has 2 N–H and O–H groups in total. The highest BCUT2D eigenvalue weighted by atomic mass is 127. The standard InChI is InChI=1S/C22H23F3IN3O4/c1-3-32-18-11-14(10-17(26)21(18)33-4-2)13-27-29-20(31)9-8-19(30)28-16-7-5-6-15(12-16)22(23,24)25/h5-7,10-13H,3-4,8-9H2,1-2H3,(H,28,30)(H,29,31). The molecule has 0 spiro atoms. The quantitative estimate of drug-likeness (QED) is 0.237. The van der Waals surface area contributed by atoms with Crippen LogP contribution >= 0.6 is 22.6 Å². The average Bonchev–Trinajstić information content (AvgIpc) is 2.74. The maximum Gasteiger partial charge on any atom is 0.416 e. The molecule has 0 aliphatic heterocycles. The van der Waals surface area contributed by atoms with Gasteiger partial charge in [-0.15, -0.1) is 0 Å². The number of rotatable bonds is 10. The lowest BCUT2D eigenvalue weighted by Gasteiger charge is -2.13. The predicted molar refractivity (Wildman–Crippen MR) is 127 cm³/mol. The zero-order valence-electron chi connectivity index (χ0n) is 18.0. The summed E-state index contributed by atoms with van der Waals surface area (Å²) in [6.45, 7) is 4.67. The number of alkyl halides is 3. The summed E-state index contributed by atoms with van der Waals surface area (Å²) >= 11 is 2.11. The first-order valence-corrected chi connectivity index (χ1v) is 11.1. The van der Waals surface area contributed by atoms with Crippen LogP contribution in [0.1, 0.15) is 37.8 Å². The van der Waals surface area contributed by atoms with Crippen molar-refractivity contribution in [2.24, 2.45) is 5.10 Å². The Morgan fingerprint density at radius 2 is 1.76 bits per heavy atom. The highest BCUT2D eigenvalue weighted by Crippen LogP contribution is 2.34. The van der Waals surface area contributed by atoms with E-state index >= 15 is 0 Å². The van der Waals surface area contributed by atoms with E-state index in [0.717, 1.165) is 15.7 Å². The number of nitrogens with zero attached hydrogens (tertiary/aromatic N) is 1. The van der Waals surface area contributed by atoms with Gasteiger partial charge >= 0.3 is 6.18 Å². The van der Waals surface area contributed by atoms with Crippen LogP contribution in [0, 0.1) is 3.57 Å². The monoisotopic (exact) mass is 577 g/mol. The maximum absolute atomic E-state index is 12.7. The van der Waals surface area contributed by atoms with Crippen LogP contribution in [0.3, 0.4) is 0 Å². The fourth-order valence-electron chi connectivity index (χ4n) is 2.67. The van der Waals surface area contributed by atoms with Gasteiger partial charge in [-0.1, -0.05) is 6.07 Å². The van der Waals surface area contributed by atoms with Gasteiger partial charge in [-0.2, -0.15) is 18.3 Å². The minimum atomic E-state index is -4.51. The van der Waals surface area contributed by atoms with Gasteiger partial charge in [0.05, 0.1) is 28.6 Å². The zero-order valence-corrected chi connectivity index (χ0v) is 20.1. The van der Waals surface area contributed by atoms with Crippen LogP contribution < -0.4 is 20.2 Å². The second kappa shape index (κ2) is 12.4. The van der Waals surface area contributed by atoms with E-state index in [4.69, 9.17) is 9.47 Å². The van der Waals surface area contributed by atoms with Gasteiger partial charge < -0.3 is 14.8 Å². The lowest BCUT2D eigenvalue weighted by Crippen LogP contribution is -2.20. The van der Waals surface area contributed by atoms with Gasteiger partial charge in [-0.05, 0) is 72.3 Å². The third-order valence-electron chi connectivity index (χ3n) is 4.08. The molecular formula is C22H23F3IN3O4. The second-order valence-electron chi connectivity index (χ2n) is 6.62. The molecule has 0 bridgehead atoms. The van der Waals surface area contributed by atoms with Crippen molar-refractivity contribution in [3.8, 4) is 11.5 Å². The molecule has 0 radical (unpaired) electrons. The van der Waals surface area contributed by atoms with Crippen LogP contribution in [0.2, 0.25) is 0 Å². The van der Waals surface area contributed by atoms with Gasteiger partial charge in [-0.3, -0.25) is 9.59 Å². The smallest absolute Gasteiger partial charge is 0.416 e. The molecule has 0 aliphatic rings. The summed E-state index contributed by atoms with van der Waals surface area (Å²) in [7, 11) is 0. The third-order valence-corrected chi connectivity index (χ3v) is 4.88. The summed E-state index contributed by atoms with van der Waals surface area (Å²) in [4.78, 5) is 23.9. The van der Waals surface area contributed by atoms with E-state index < -0.39 is 23.6 Å². The number of halogens is 4. The van der Waals surface area contributed by atoms with Crippen molar-refractivity contribution in [1.29, 1.82) is 0 Å². The van der Waals surface area contributed by atoms with E-state index in [1.807, 2.05) is 19.9 Å². The predicted octanol–water partition coefficient (Wildman–Crippen LogP) is 4.98. The molecule has 7 nitrogen and oxygen atoms in total. The van der Waals surface area contributed by atoms with Crippen molar-refractivity contribution in [1.82, 2.24) is 5.43 Å². The van der Waals surface area contributed by atoms with Crippen LogP contribution in [0.4, 0.5) is 18.9 Å².